The van der Waals surface area contributed by atoms with Crippen LogP contribution in [0.1, 0.15) is 15.9 Å². The fourth-order valence-electron chi connectivity index (χ4n) is 2.55. The van der Waals surface area contributed by atoms with Crippen LogP contribution in [0.15, 0.2) is 60.8 Å². The molecule has 7 heteroatoms. The SMILES string of the molecule is C=CCOC(=O)C(=Cc1ccc2c(c1)OCO2)NC(=O)c1ccccc1OC. The Bertz CT molecular complexity index is 934. The minimum Gasteiger partial charge on any atom is -0.496 e. The van der Waals surface area contributed by atoms with Crippen LogP contribution in [0, 0.1) is 0 Å². The van der Waals surface area contributed by atoms with Crippen molar-refractivity contribution in [1.29, 1.82) is 0 Å². The van der Waals surface area contributed by atoms with E-state index in [-0.39, 0.29) is 24.7 Å². The van der Waals surface area contributed by atoms with Gasteiger partial charge in [0.15, 0.2) is 11.5 Å². The highest BCUT2D eigenvalue weighted by Gasteiger charge is 2.19. The van der Waals surface area contributed by atoms with Crippen molar-refractivity contribution in [2.45, 2.75) is 0 Å². The molecule has 0 saturated heterocycles. The van der Waals surface area contributed by atoms with Crippen molar-refractivity contribution < 1.29 is 28.5 Å². The molecule has 0 saturated carbocycles. The molecule has 0 aromatic heterocycles. The van der Waals surface area contributed by atoms with Gasteiger partial charge in [-0.15, -0.1) is 0 Å². The van der Waals surface area contributed by atoms with Crippen molar-refractivity contribution >= 4 is 18.0 Å². The fourth-order valence-corrected chi connectivity index (χ4v) is 2.55. The van der Waals surface area contributed by atoms with Crippen molar-refractivity contribution in [3.8, 4) is 17.2 Å². The molecular weight excluding hydrogens is 362 g/mol. The summed E-state index contributed by atoms with van der Waals surface area (Å²) in [5, 5.41) is 2.59. The molecule has 0 spiro atoms. The Labute approximate surface area is 162 Å². The van der Waals surface area contributed by atoms with E-state index in [1.165, 1.54) is 19.3 Å². The molecule has 2 aromatic rings. The number of amides is 1. The van der Waals surface area contributed by atoms with Crippen LogP contribution in [-0.4, -0.2) is 32.4 Å². The number of ether oxygens (including phenoxy) is 4. The lowest BCUT2D eigenvalue weighted by Crippen LogP contribution is -2.29. The molecule has 144 valence electrons. The Morgan fingerprint density at radius 1 is 1.18 bits per heavy atom. The Balaban J connectivity index is 1.89. The van der Waals surface area contributed by atoms with E-state index in [2.05, 4.69) is 11.9 Å². The van der Waals surface area contributed by atoms with Crippen LogP contribution in [0.3, 0.4) is 0 Å². The molecule has 1 aliphatic rings. The fraction of sp³-hybridized carbons (Fsp3) is 0.143. The van der Waals surface area contributed by atoms with Gasteiger partial charge in [0, 0.05) is 0 Å². The van der Waals surface area contributed by atoms with Crippen molar-refractivity contribution in [2.24, 2.45) is 0 Å². The Morgan fingerprint density at radius 3 is 2.75 bits per heavy atom. The minimum absolute atomic E-state index is 0.0157. The van der Waals surface area contributed by atoms with Gasteiger partial charge in [0.25, 0.3) is 5.91 Å². The van der Waals surface area contributed by atoms with Crippen molar-refractivity contribution in [3.63, 3.8) is 0 Å². The van der Waals surface area contributed by atoms with E-state index in [1.54, 1.807) is 42.5 Å². The number of hydrogen-bond acceptors (Lipinski definition) is 6. The quantitative estimate of drug-likeness (QED) is 0.451. The smallest absolute Gasteiger partial charge is 0.355 e. The number of carbonyl (C=O) groups excluding carboxylic acids is 2. The van der Waals surface area contributed by atoms with Crippen LogP contribution in [0.4, 0.5) is 0 Å². The molecular formula is C21H19NO6. The molecule has 0 bridgehead atoms. The number of esters is 1. The summed E-state index contributed by atoms with van der Waals surface area (Å²) in [6.45, 7) is 3.67. The highest BCUT2D eigenvalue weighted by atomic mass is 16.7. The van der Waals surface area contributed by atoms with Gasteiger partial charge in [0.2, 0.25) is 6.79 Å². The zero-order valence-corrected chi connectivity index (χ0v) is 15.3. The maximum atomic E-state index is 12.7. The summed E-state index contributed by atoms with van der Waals surface area (Å²) in [7, 11) is 1.47. The lowest BCUT2D eigenvalue weighted by Gasteiger charge is -2.12. The standard InChI is InChI=1S/C21H19NO6/c1-3-10-26-21(24)16(11-14-8-9-18-19(12-14)28-13-27-18)22-20(23)15-6-4-5-7-17(15)25-2/h3-9,11-12H,1,10,13H2,2H3,(H,22,23). The summed E-state index contributed by atoms with van der Waals surface area (Å²) in [6.07, 6.45) is 2.94. The first-order chi connectivity index (χ1) is 13.6. The number of fused-ring (bicyclic) bond motifs is 1. The molecule has 1 N–H and O–H groups in total. The summed E-state index contributed by atoms with van der Waals surface area (Å²) in [5.41, 5.74) is 0.893. The largest absolute Gasteiger partial charge is 0.496 e. The van der Waals surface area contributed by atoms with Gasteiger partial charge in [-0.2, -0.15) is 0 Å². The van der Waals surface area contributed by atoms with Crippen molar-refractivity contribution in [1.82, 2.24) is 5.32 Å². The van der Waals surface area contributed by atoms with Crippen LogP contribution < -0.4 is 19.5 Å². The molecule has 0 atom stereocenters. The van der Waals surface area contributed by atoms with Gasteiger partial charge in [-0.1, -0.05) is 30.9 Å². The Hall–Kier alpha value is -3.74. The van der Waals surface area contributed by atoms with Gasteiger partial charge in [0.05, 0.1) is 12.7 Å². The lowest BCUT2D eigenvalue weighted by atomic mass is 10.1. The summed E-state index contributed by atoms with van der Waals surface area (Å²) in [6, 6.07) is 11.9. The maximum Gasteiger partial charge on any atom is 0.355 e. The van der Waals surface area contributed by atoms with Crippen LogP contribution >= 0.6 is 0 Å². The van der Waals surface area contributed by atoms with E-state index >= 15 is 0 Å². The third-order valence-electron chi connectivity index (χ3n) is 3.86. The minimum atomic E-state index is -0.694. The van der Waals surface area contributed by atoms with Gasteiger partial charge in [0.1, 0.15) is 18.1 Å². The molecule has 1 amide bonds. The molecule has 7 nitrogen and oxygen atoms in total. The van der Waals surface area contributed by atoms with Crippen LogP contribution in [0.5, 0.6) is 17.2 Å². The zero-order chi connectivity index (χ0) is 19.9. The summed E-state index contributed by atoms with van der Waals surface area (Å²) < 4.78 is 20.9. The summed E-state index contributed by atoms with van der Waals surface area (Å²) in [4.78, 5) is 25.1. The third kappa shape index (κ3) is 4.32. The predicted octanol–water partition coefficient (Wildman–Crippen LogP) is 2.92. The van der Waals surface area contributed by atoms with Gasteiger partial charge >= 0.3 is 5.97 Å². The number of hydrogen-bond donors (Lipinski definition) is 1. The Kier molecular flexibility index (Phi) is 5.96. The number of nitrogens with one attached hydrogen (secondary N) is 1. The average Bonchev–Trinajstić information content (AvgIpc) is 3.19. The first kappa shape index (κ1) is 19.0. The zero-order valence-electron chi connectivity index (χ0n) is 15.3. The predicted molar refractivity (Wildman–Crippen MR) is 102 cm³/mol. The van der Waals surface area contributed by atoms with E-state index < -0.39 is 11.9 Å². The number of rotatable bonds is 7. The highest BCUT2D eigenvalue weighted by molar-refractivity contribution is 6.04. The summed E-state index contributed by atoms with van der Waals surface area (Å²) >= 11 is 0. The number of methoxy groups -OCH3 is 1. The first-order valence-electron chi connectivity index (χ1n) is 8.46. The van der Waals surface area contributed by atoms with Crippen LogP contribution in [-0.2, 0) is 9.53 Å². The molecule has 0 fully saturated rings. The molecule has 2 aromatic carbocycles. The molecule has 28 heavy (non-hydrogen) atoms. The molecule has 1 aliphatic heterocycles. The van der Waals surface area contributed by atoms with Gasteiger partial charge in [-0.3, -0.25) is 4.79 Å². The average molecular weight is 381 g/mol. The van der Waals surface area contributed by atoms with E-state index in [1.807, 2.05) is 0 Å². The highest BCUT2D eigenvalue weighted by Crippen LogP contribution is 2.33. The molecule has 0 aliphatic carbocycles. The number of benzene rings is 2. The lowest BCUT2D eigenvalue weighted by molar-refractivity contribution is -0.138. The van der Waals surface area contributed by atoms with E-state index in [0.717, 1.165) is 0 Å². The normalized spacial score (nSPS) is 12.2. The monoisotopic (exact) mass is 381 g/mol. The van der Waals surface area contributed by atoms with E-state index in [4.69, 9.17) is 18.9 Å². The second-order valence-corrected chi connectivity index (χ2v) is 5.71. The molecule has 3 rings (SSSR count). The van der Waals surface area contributed by atoms with Gasteiger partial charge in [-0.05, 0) is 35.9 Å². The molecule has 0 unspecified atom stereocenters. The van der Waals surface area contributed by atoms with E-state index in [9.17, 15) is 9.59 Å². The van der Waals surface area contributed by atoms with E-state index in [0.29, 0.717) is 22.8 Å². The number of carbonyl (C=O) groups is 2. The molecule has 0 radical (unpaired) electrons. The number of para-hydroxylation sites is 1. The van der Waals surface area contributed by atoms with Gasteiger partial charge in [-0.25, -0.2) is 4.79 Å². The Morgan fingerprint density at radius 2 is 1.96 bits per heavy atom. The maximum absolute atomic E-state index is 12.7. The third-order valence-corrected chi connectivity index (χ3v) is 3.86. The first-order valence-corrected chi connectivity index (χ1v) is 8.46. The summed E-state index contributed by atoms with van der Waals surface area (Å²) in [5.74, 6) is 0.373. The van der Waals surface area contributed by atoms with Gasteiger partial charge < -0.3 is 24.3 Å². The van der Waals surface area contributed by atoms with Crippen molar-refractivity contribution in [3.05, 3.63) is 71.9 Å². The molecule has 1 heterocycles. The van der Waals surface area contributed by atoms with Crippen molar-refractivity contribution in [2.75, 3.05) is 20.5 Å². The second-order valence-electron chi connectivity index (χ2n) is 5.71. The second kappa shape index (κ2) is 8.77. The van der Waals surface area contributed by atoms with Crippen LogP contribution in [0.25, 0.3) is 6.08 Å². The topological polar surface area (TPSA) is 83.1 Å². The van der Waals surface area contributed by atoms with Crippen LogP contribution in [0.2, 0.25) is 0 Å².